The molecule has 198 valence electrons. The van der Waals surface area contributed by atoms with Crippen LogP contribution in [0.25, 0.3) is 21.1 Å². The molecule has 0 unspecified atom stereocenters. The monoisotopic (exact) mass is 542 g/mol. The Morgan fingerprint density at radius 3 is 1.34 bits per heavy atom. The van der Waals surface area contributed by atoms with E-state index >= 15 is 0 Å². The average Bonchev–Trinajstić information content (AvgIpc) is 3.52. The van der Waals surface area contributed by atoms with Gasteiger partial charge in [0, 0.05) is 11.1 Å². The summed E-state index contributed by atoms with van der Waals surface area (Å²) in [6, 6.07) is 17.6. The fourth-order valence-corrected chi connectivity index (χ4v) is 6.37. The molecule has 0 radical (unpaired) electrons. The first-order valence-electron chi connectivity index (χ1n) is 13.6. The van der Waals surface area contributed by atoms with Crippen LogP contribution in [0.15, 0.2) is 58.7 Å². The SMILES string of the molecule is CCCCc1ccc(-c2nc(C)c(/C(C)=N\N=C(/C)c3sc(-c4ccc(CCCC)cc4)nc3C)s2)cc1. The van der Waals surface area contributed by atoms with Gasteiger partial charge >= 0.3 is 0 Å². The standard InChI is InChI=1S/C32H38N4S2/c1-7-9-11-25-13-17-27(18-14-25)31-33-21(3)29(37-31)23(5)35-36-24(6)30-22(4)34-32(38-30)28-19-15-26(16-20-28)12-10-8-2/h13-20H,7-12H2,1-6H3/b35-23-,36-24+. The van der Waals surface area contributed by atoms with Crippen LogP contribution in [0.1, 0.15) is 85.6 Å². The molecule has 38 heavy (non-hydrogen) atoms. The summed E-state index contributed by atoms with van der Waals surface area (Å²) in [5.41, 5.74) is 8.84. The number of hydrogen-bond donors (Lipinski definition) is 0. The molecule has 0 bridgehead atoms. The van der Waals surface area contributed by atoms with Gasteiger partial charge in [0.25, 0.3) is 0 Å². The number of thiazole rings is 2. The van der Waals surface area contributed by atoms with Crippen LogP contribution in [0.5, 0.6) is 0 Å². The Hall–Kier alpha value is -2.96. The van der Waals surface area contributed by atoms with Gasteiger partial charge in [0.05, 0.1) is 32.6 Å². The minimum absolute atomic E-state index is 0.884. The quantitative estimate of drug-likeness (QED) is 0.140. The number of unbranched alkanes of at least 4 members (excludes halogenated alkanes) is 2. The summed E-state index contributed by atoms with van der Waals surface area (Å²) in [7, 11) is 0. The number of nitrogens with zero attached hydrogens (tertiary/aromatic N) is 4. The molecule has 0 aliphatic heterocycles. The summed E-state index contributed by atoms with van der Waals surface area (Å²) >= 11 is 3.36. The molecule has 2 aromatic carbocycles. The van der Waals surface area contributed by atoms with Crippen molar-refractivity contribution in [3.8, 4) is 21.1 Å². The highest BCUT2D eigenvalue weighted by Gasteiger charge is 2.14. The van der Waals surface area contributed by atoms with Gasteiger partial charge in [0.2, 0.25) is 0 Å². The molecule has 6 heteroatoms. The van der Waals surface area contributed by atoms with Crippen LogP contribution in [0.2, 0.25) is 0 Å². The number of hydrogen-bond acceptors (Lipinski definition) is 6. The summed E-state index contributed by atoms with van der Waals surface area (Å²) in [4.78, 5) is 11.8. The number of aromatic nitrogens is 2. The fourth-order valence-electron chi connectivity index (χ4n) is 4.34. The maximum Gasteiger partial charge on any atom is 0.124 e. The van der Waals surface area contributed by atoms with Crippen LogP contribution in [0.4, 0.5) is 0 Å². The summed E-state index contributed by atoms with van der Waals surface area (Å²) in [6.07, 6.45) is 7.15. The lowest BCUT2D eigenvalue weighted by molar-refractivity contribution is 0.795. The Bertz CT molecular complexity index is 1300. The molecular formula is C32H38N4S2. The van der Waals surface area contributed by atoms with Gasteiger partial charge in [-0.1, -0.05) is 75.2 Å². The van der Waals surface area contributed by atoms with E-state index < -0.39 is 0 Å². The highest BCUT2D eigenvalue weighted by Crippen LogP contribution is 2.30. The third-order valence-electron chi connectivity index (χ3n) is 6.64. The molecule has 2 aromatic heterocycles. The third-order valence-corrected chi connectivity index (χ3v) is 9.27. The molecule has 0 atom stereocenters. The van der Waals surface area contributed by atoms with Crippen LogP contribution in [-0.4, -0.2) is 21.4 Å². The van der Waals surface area contributed by atoms with Gasteiger partial charge in [-0.25, -0.2) is 9.97 Å². The summed E-state index contributed by atoms with van der Waals surface area (Å²) in [5, 5.41) is 11.3. The van der Waals surface area contributed by atoms with Gasteiger partial charge in [-0.05, 0) is 64.5 Å². The van der Waals surface area contributed by atoms with Crippen molar-refractivity contribution in [3.63, 3.8) is 0 Å². The van der Waals surface area contributed by atoms with Gasteiger partial charge in [-0.15, -0.1) is 22.7 Å². The number of aryl methyl sites for hydroxylation is 4. The topological polar surface area (TPSA) is 50.5 Å². The van der Waals surface area contributed by atoms with Gasteiger partial charge in [-0.2, -0.15) is 10.2 Å². The Morgan fingerprint density at radius 1 is 0.632 bits per heavy atom. The van der Waals surface area contributed by atoms with Gasteiger partial charge in [-0.3, -0.25) is 0 Å². The van der Waals surface area contributed by atoms with E-state index in [1.54, 1.807) is 22.7 Å². The van der Waals surface area contributed by atoms with Gasteiger partial charge in [0.1, 0.15) is 10.0 Å². The highest BCUT2D eigenvalue weighted by atomic mass is 32.1. The molecule has 0 saturated heterocycles. The molecule has 0 aliphatic rings. The average molecular weight is 543 g/mol. The highest BCUT2D eigenvalue weighted by molar-refractivity contribution is 7.17. The zero-order valence-electron chi connectivity index (χ0n) is 23.5. The third kappa shape index (κ3) is 6.91. The lowest BCUT2D eigenvalue weighted by Crippen LogP contribution is -1.96. The molecule has 0 saturated carbocycles. The smallest absolute Gasteiger partial charge is 0.124 e. The van der Waals surface area contributed by atoms with Gasteiger partial charge < -0.3 is 0 Å². The van der Waals surface area contributed by atoms with E-state index in [0.29, 0.717) is 0 Å². The first-order chi connectivity index (χ1) is 18.4. The Kier molecular flexibility index (Phi) is 9.75. The molecule has 4 aromatic rings. The van der Waals surface area contributed by atoms with Crippen LogP contribution < -0.4 is 0 Å². The van der Waals surface area contributed by atoms with Crippen molar-refractivity contribution in [3.05, 3.63) is 80.8 Å². The van der Waals surface area contributed by atoms with Crippen molar-refractivity contribution in [2.24, 2.45) is 10.2 Å². The Labute approximate surface area is 235 Å². The number of benzene rings is 2. The van der Waals surface area contributed by atoms with E-state index in [2.05, 4.69) is 72.6 Å². The predicted molar refractivity (Wildman–Crippen MR) is 166 cm³/mol. The lowest BCUT2D eigenvalue weighted by Gasteiger charge is -2.01. The zero-order chi connectivity index (χ0) is 27.1. The van der Waals surface area contributed by atoms with Crippen molar-refractivity contribution < 1.29 is 0 Å². The summed E-state index contributed by atoms with van der Waals surface area (Å²) in [5.74, 6) is 0. The van der Waals surface area contributed by atoms with Crippen LogP contribution in [0.3, 0.4) is 0 Å². The first-order valence-corrected chi connectivity index (χ1v) is 15.3. The lowest BCUT2D eigenvalue weighted by atomic mass is 10.1. The normalized spacial score (nSPS) is 12.4. The van der Waals surface area contributed by atoms with Crippen molar-refractivity contribution in [1.29, 1.82) is 0 Å². The van der Waals surface area contributed by atoms with Crippen molar-refractivity contribution in [1.82, 2.24) is 9.97 Å². The summed E-state index contributed by atoms with van der Waals surface area (Å²) in [6.45, 7) is 12.6. The molecule has 0 amide bonds. The van der Waals surface area contributed by atoms with Crippen molar-refractivity contribution in [2.45, 2.75) is 80.1 Å². The van der Waals surface area contributed by atoms with E-state index in [-0.39, 0.29) is 0 Å². The second-order valence-electron chi connectivity index (χ2n) is 9.84. The van der Waals surface area contributed by atoms with Gasteiger partial charge in [0.15, 0.2) is 0 Å². The Balaban J connectivity index is 1.49. The van der Waals surface area contributed by atoms with E-state index in [4.69, 9.17) is 9.97 Å². The molecule has 4 rings (SSSR count). The molecule has 2 heterocycles. The second-order valence-corrected chi connectivity index (χ2v) is 11.8. The fraction of sp³-hybridized carbons (Fsp3) is 0.375. The van der Waals surface area contributed by atoms with Crippen LogP contribution in [0, 0.1) is 13.8 Å². The molecule has 0 fully saturated rings. The van der Waals surface area contributed by atoms with Crippen LogP contribution >= 0.6 is 22.7 Å². The van der Waals surface area contributed by atoms with E-state index in [0.717, 1.165) is 66.5 Å². The maximum absolute atomic E-state index is 4.83. The minimum Gasteiger partial charge on any atom is -0.241 e. The maximum atomic E-state index is 4.83. The molecule has 4 nitrogen and oxygen atoms in total. The molecule has 0 N–H and O–H groups in total. The van der Waals surface area contributed by atoms with Crippen molar-refractivity contribution >= 4 is 34.1 Å². The van der Waals surface area contributed by atoms with E-state index in [9.17, 15) is 0 Å². The van der Waals surface area contributed by atoms with Crippen molar-refractivity contribution in [2.75, 3.05) is 0 Å². The summed E-state index contributed by atoms with van der Waals surface area (Å²) < 4.78 is 0. The largest absolute Gasteiger partial charge is 0.241 e. The van der Waals surface area contributed by atoms with E-state index in [1.807, 2.05) is 27.7 Å². The van der Waals surface area contributed by atoms with Crippen LogP contribution in [-0.2, 0) is 12.8 Å². The minimum atomic E-state index is 0.884. The molecular weight excluding hydrogens is 505 g/mol. The molecule has 0 spiro atoms. The Morgan fingerprint density at radius 2 is 1.00 bits per heavy atom. The second kappa shape index (κ2) is 13.2. The van der Waals surface area contributed by atoms with E-state index in [1.165, 1.54) is 36.8 Å². The number of rotatable bonds is 11. The molecule has 0 aliphatic carbocycles. The first kappa shape index (κ1) is 28.1. The zero-order valence-corrected chi connectivity index (χ0v) is 25.1. The predicted octanol–water partition coefficient (Wildman–Crippen LogP) is 9.47.